The molecule has 1 rings (SSSR count). The van der Waals surface area contributed by atoms with E-state index in [1.54, 1.807) is 11.8 Å². The maximum atomic E-state index is 11.6. The summed E-state index contributed by atoms with van der Waals surface area (Å²) >= 11 is 1.76. The number of hydrogen-bond donors (Lipinski definition) is 1. The summed E-state index contributed by atoms with van der Waals surface area (Å²) in [4.78, 5) is 0. The lowest BCUT2D eigenvalue weighted by molar-refractivity contribution is 0.419. The number of halogens is 1. The predicted octanol–water partition coefficient (Wildman–Crippen LogP) is 0.618. The zero-order chi connectivity index (χ0) is 5.11. The minimum Gasteiger partial charge on any atom is -0.302 e. The highest BCUT2D eigenvalue weighted by Crippen LogP contribution is 2.08. The minimum atomic E-state index is -0.215. The van der Waals surface area contributed by atoms with E-state index in [-0.39, 0.29) is 12.7 Å². The molecule has 7 heavy (non-hydrogen) atoms. The van der Waals surface area contributed by atoms with Gasteiger partial charge in [0.2, 0.25) is 0 Å². The van der Waals surface area contributed by atoms with Crippen LogP contribution in [0.5, 0.6) is 0 Å². The highest BCUT2D eigenvalue weighted by atomic mass is 32.2. The minimum absolute atomic E-state index is 0.144. The Labute approximate surface area is 46.7 Å². The molecule has 1 saturated heterocycles. The molecule has 1 atom stereocenters. The van der Waals surface area contributed by atoms with Crippen molar-refractivity contribution >= 4 is 11.8 Å². The molecule has 1 unspecified atom stereocenters. The average molecular weight is 121 g/mol. The molecule has 1 aliphatic rings. The SMILES string of the molecule is FCC1CSCN1. The molecule has 1 fully saturated rings. The van der Waals surface area contributed by atoms with Gasteiger partial charge < -0.3 is 5.32 Å². The first-order valence-electron chi connectivity index (χ1n) is 2.30. The van der Waals surface area contributed by atoms with E-state index in [0.717, 1.165) is 11.6 Å². The Bertz CT molecular complexity index is 53.7. The first-order chi connectivity index (χ1) is 3.43. The summed E-state index contributed by atoms with van der Waals surface area (Å²) in [6, 6.07) is 0.144. The van der Waals surface area contributed by atoms with Gasteiger partial charge in [-0.05, 0) is 0 Å². The Balaban J connectivity index is 2.14. The molecule has 0 aromatic rings. The van der Waals surface area contributed by atoms with Crippen LogP contribution in [0.25, 0.3) is 0 Å². The monoisotopic (exact) mass is 121 g/mol. The molecule has 1 N–H and O–H groups in total. The van der Waals surface area contributed by atoms with Crippen molar-refractivity contribution in [3.8, 4) is 0 Å². The molecule has 0 bridgehead atoms. The molecule has 0 aromatic heterocycles. The number of alkyl halides is 1. The number of rotatable bonds is 1. The van der Waals surface area contributed by atoms with Gasteiger partial charge in [-0.1, -0.05) is 0 Å². The summed E-state index contributed by atoms with van der Waals surface area (Å²) in [5.74, 6) is 1.87. The maximum absolute atomic E-state index is 11.6. The fourth-order valence-corrected chi connectivity index (χ4v) is 1.50. The van der Waals surface area contributed by atoms with Gasteiger partial charge in [-0.3, -0.25) is 0 Å². The summed E-state index contributed by atoms with van der Waals surface area (Å²) in [5, 5.41) is 2.99. The van der Waals surface area contributed by atoms with Crippen LogP contribution >= 0.6 is 11.8 Å². The second kappa shape index (κ2) is 2.52. The lowest BCUT2D eigenvalue weighted by Crippen LogP contribution is -2.25. The largest absolute Gasteiger partial charge is 0.302 e. The van der Waals surface area contributed by atoms with Crippen molar-refractivity contribution in [2.24, 2.45) is 0 Å². The van der Waals surface area contributed by atoms with Gasteiger partial charge in [0.05, 0.1) is 0 Å². The van der Waals surface area contributed by atoms with Crippen molar-refractivity contribution in [1.29, 1.82) is 0 Å². The van der Waals surface area contributed by atoms with Crippen molar-refractivity contribution in [2.45, 2.75) is 6.04 Å². The van der Waals surface area contributed by atoms with Gasteiger partial charge in [0.1, 0.15) is 6.67 Å². The predicted molar refractivity (Wildman–Crippen MR) is 30.2 cm³/mol. The zero-order valence-electron chi connectivity index (χ0n) is 3.98. The van der Waals surface area contributed by atoms with Gasteiger partial charge in [0, 0.05) is 17.7 Å². The van der Waals surface area contributed by atoms with Crippen LogP contribution in [0.4, 0.5) is 4.39 Å². The number of thioether (sulfide) groups is 1. The van der Waals surface area contributed by atoms with Crippen LogP contribution in [0.2, 0.25) is 0 Å². The molecule has 0 aromatic carbocycles. The Kier molecular flexibility index (Phi) is 1.94. The fraction of sp³-hybridized carbons (Fsp3) is 1.00. The molecule has 1 aliphatic heterocycles. The summed E-state index contributed by atoms with van der Waals surface area (Å²) in [6.07, 6.45) is 0. The summed E-state index contributed by atoms with van der Waals surface area (Å²) in [5.41, 5.74) is 0. The van der Waals surface area contributed by atoms with Gasteiger partial charge in [-0.25, -0.2) is 4.39 Å². The van der Waals surface area contributed by atoms with Gasteiger partial charge in [-0.15, -0.1) is 11.8 Å². The van der Waals surface area contributed by atoms with Crippen molar-refractivity contribution in [3.05, 3.63) is 0 Å². The lowest BCUT2D eigenvalue weighted by Gasteiger charge is -1.98. The Morgan fingerprint density at radius 1 is 1.86 bits per heavy atom. The van der Waals surface area contributed by atoms with Gasteiger partial charge >= 0.3 is 0 Å². The van der Waals surface area contributed by atoms with E-state index in [2.05, 4.69) is 5.32 Å². The standard InChI is InChI=1S/C4H8FNS/c5-1-4-2-7-3-6-4/h4,6H,1-3H2. The third kappa shape index (κ3) is 1.31. The smallest absolute Gasteiger partial charge is 0.106 e. The molecule has 0 amide bonds. The topological polar surface area (TPSA) is 12.0 Å². The van der Waals surface area contributed by atoms with Crippen LogP contribution in [0.15, 0.2) is 0 Å². The molecule has 1 nitrogen and oxygen atoms in total. The average Bonchev–Trinajstić information content (AvgIpc) is 2.14. The first kappa shape index (κ1) is 5.38. The first-order valence-corrected chi connectivity index (χ1v) is 3.46. The second-order valence-electron chi connectivity index (χ2n) is 1.57. The summed E-state index contributed by atoms with van der Waals surface area (Å²) < 4.78 is 11.6. The third-order valence-corrected chi connectivity index (χ3v) is 1.99. The van der Waals surface area contributed by atoms with Crippen molar-refractivity contribution in [2.75, 3.05) is 18.3 Å². The normalized spacial score (nSPS) is 31.3. The van der Waals surface area contributed by atoms with Crippen molar-refractivity contribution in [1.82, 2.24) is 5.32 Å². The molecule has 0 aliphatic carbocycles. The zero-order valence-corrected chi connectivity index (χ0v) is 4.80. The molecule has 1 heterocycles. The van der Waals surface area contributed by atoms with Crippen LogP contribution in [0.1, 0.15) is 0 Å². The van der Waals surface area contributed by atoms with E-state index in [4.69, 9.17) is 0 Å². The molecule has 3 heteroatoms. The molecular weight excluding hydrogens is 113 g/mol. The van der Waals surface area contributed by atoms with Gasteiger partial charge in [0.15, 0.2) is 0 Å². The molecular formula is C4H8FNS. The van der Waals surface area contributed by atoms with E-state index in [1.807, 2.05) is 0 Å². The van der Waals surface area contributed by atoms with E-state index in [1.165, 1.54) is 0 Å². The van der Waals surface area contributed by atoms with E-state index >= 15 is 0 Å². The van der Waals surface area contributed by atoms with Crippen LogP contribution in [0, 0.1) is 0 Å². The third-order valence-electron chi connectivity index (χ3n) is 0.979. The lowest BCUT2D eigenvalue weighted by atomic mass is 10.4. The van der Waals surface area contributed by atoms with Crippen molar-refractivity contribution < 1.29 is 4.39 Å². The van der Waals surface area contributed by atoms with E-state index in [0.29, 0.717) is 0 Å². The van der Waals surface area contributed by atoms with Crippen molar-refractivity contribution in [3.63, 3.8) is 0 Å². The number of hydrogen-bond acceptors (Lipinski definition) is 2. The quantitative estimate of drug-likeness (QED) is 0.545. The molecule has 0 saturated carbocycles. The Morgan fingerprint density at radius 2 is 2.71 bits per heavy atom. The van der Waals surface area contributed by atoms with Gasteiger partial charge in [0.25, 0.3) is 0 Å². The van der Waals surface area contributed by atoms with Crippen LogP contribution in [-0.4, -0.2) is 24.3 Å². The summed E-state index contributed by atoms with van der Waals surface area (Å²) in [6.45, 7) is -0.215. The molecule has 42 valence electrons. The second-order valence-corrected chi connectivity index (χ2v) is 2.60. The fourth-order valence-electron chi connectivity index (χ4n) is 0.536. The maximum Gasteiger partial charge on any atom is 0.106 e. The summed E-state index contributed by atoms with van der Waals surface area (Å²) in [7, 11) is 0. The van der Waals surface area contributed by atoms with Crippen LogP contribution in [-0.2, 0) is 0 Å². The molecule has 0 radical (unpaired) electrons. The van der Waals surface area contributed by atoms with E-state index in [9.17, 15) is 4.39 Å². The van der Waals surface area contributed by atoms with Crippen LogP contribution in [0.3, 0.4) is 0 Å². The van der Waals surface area contributed by atoms with Gasteiger partial charge in [-0.2, -0.15) is 0 Å². The highest BCUT2D eigenvalue weighted by molar-refractivity contribution is 7.99. The Morgan fingerprint density at radius 3 is 3.00 bits per heavy atom. The Hall–Kier alpha value is 0.240. The molecule has 0 spiro atoms. The van der Waals surface area contributed by atoms with Crippen LogP contribution < -0.4 is 5.32 Å². The number of nitrogens with one attached hydrogen (secondary N) is 1. The van der Waals surface area contributed by atoms with E-state index < -0.39 is 0 Å². The highest BCUT2D eigenvalue weighted by Gasteiger charge is 2.12.